The van der Waals surface area contributed by atoms with Crippen LogP contribution >= 0.6 is 0 Å². The zero-order chi connectivity index (χ0) is 14.2. The summed E-state index contributed by atoms with van der Waals surface area (Å²) in [6.07, 6.45) is 1.53. The van der Waals surface area contributed by atoms with E-state index in [2.05, 4.69) is 16.8 Å². The molecule has 0 aliphatic carbocycles. The molecule has 100 valence electrons. The van der Waals surface area contributed by atoms with Crippen molar-refractivity contribution in [1.82, 2.24) is 19.4 Å². The van der Waals surface area contributed by atoms with Gasteiger partial charge >= 0.3 is 5.97 Å². The summed E-state index contributed by atoms with van der Waals surface area (Å²) in [5.74, 6) is -0.582. The van der Waals surface area contributed by atoms with Crippen LogP contribution in [0.15, 0.2) is 17.4 Å². The maximum atomic E-state index is 12.1. The fraction of sp³-hybridized carbons (Fsp3) is 0.333. The van der Waals surface area contributed by atoms with Crippen LogP contribution in [-0.2, 0) is 11.3 Å². The number of fused-ring (bicyclic) bond motifs is 1. The normalized spacial score (nSPS) is 11.1. The van der Waals surface area contributed by atoms with Crippen molar-refractivity contribution < 1.29 is 9.90 Å². The SMILES string of the molecule is C=Cc1cc2c(=O)n(CC(=O)O)nc(C(C)C)n2n1. The molecule has 0 atom stereocenters. The Balaban J connectivity index is 2.80. The molecule has 0 spiro atoms. The van der Waals surface area contributed by atoms with Gasteiger partial charge in [0.25, 0.3) is 5.56 Å². The highest BCUT2D eigenvalue weighted by Gasteiger charge is 2.16. The van der Waals surface area contributed by atoms with Crippen molar-refractivity contribution in [2.75, 3.05) is 0 Å². The van der Waals surface area contributed by atoms with Crippen LogP contribution in [0.5, 0.6) is 0 Å². The third kappa shape index (κ3) is 2.26. The van der Waals surface area contributed by atoms with E-state index in [1.54, 1.807) is 6.07 Å². The molecule has 19 heavy (non-hydrogen) atoms. The lowest BCUT2D eigenvalue weighted by molar-refractivity contribution is -0.138. The molecule has 0 saturated heterocycles. The molecular formula is C12H14N4O3. The predicted octanol–water partition coefficient (Wildman–Crippen LogP) is 0.742. The second kappa shape index (κ2) is 4.68. The summed E-state index contributed by atoms with van der Waals surface area (Å²) in [5.41, 5.74) is 0.371. The van der Waals surface area contributed by atoms with Crippen LogP contribution in [0.3, 0.4) is 0 Å². The molecule has 7 heteroatoms. The lowest BCUT2D eigenvalue weighted by Gasteiger charge is -2.09. The van der Waals surface area contributed by atoms with Gasteiger partial charge in [0.1, 0.15) is 12.1 Å². The van der Waals surface area contributed by atoms with E-state index >= 15 is 0 Å². The van der Waals surface area contributed by atoms with Crippen LogP contribution in [-0.4, -0.2) is 30.5 Å². The van der Waals surface area contributed by atoms with Gasteiger partial charge in [0.15, 0.2) is 5.82 Å². The van der Waals surface area contributed by atoms with Crippen molar-refractivity contribution in [1.29, 1.82) is 0 Å². The van der Waals surface area contributed by atoms with Crippen LogP contribution in [0.4, 0.5) is 0 Å². The summed E-state index contributed by atoms with van der Waals surface area (Å²) in [6, 6.07) is 1.57. The van der Waals surface area contributed by atoms with Gasteiger partial charge in [-0.1, -0.05) is 20.4 Å². The predicted molar refractivity (Wildman–Crippen MR) is 69.1 cm³/mol. The van der Waals surface area contributed by atoms with Crippen LogP contribution in [0.2, 0.25) is 0 Å². The molecule has 0 amide bonds. The lowest BCUT2D eigenvalue weighted by Crippen LogP contribution is -2.30. The van der Waals surface area contributed by atoms with Gasteiger partial charge in [-0.3, -0.25) is 9.59 Å². The van der Waals surface area contributed by atoms with E-state index in [0.29, 0.717) is 17.0 Å². The van der Waals surface area contributed by atoms with Gasteiger partial charge in [-0.25, -0.2) is 9.20 Å². The zero-order valence-electron chi connectivity index (χ0n) is 10.7. The van der Waals surface area contributed by atoms with E-state index in [1.165, 1.54) is 10.6 Å². The molecular weight excluding hydrogens is 248 g/mol. The average Bonchev–Trinajstić information content (AvgIpc) is 2.76. The Morgan fingerprint density at radius 2 is 2.21 bits per heavy atom. The maximum Gasteiger partial charge on any atom is 0.325 e. The second-order valence-corrected chi connectivity index (χ2v) is 4.44. The number of carbonyl (C=O) groups is 1. The molecule has 0 unspecified atom stereocenters. The Bertz CT molecular complexity index is 712. The first-order valence-corrected chi connectivity index (χ1v) is 5.79. The Morgan fingerprint density at radius 3 is 2.74 bits per heavy atom. The van der Waals surface area contributed by atoms with E-state index in [9.17, 15) is 9.59 Å². The first-order valence-electron chi connectivity index (χ1n) is 5.79. The zero-order valence-corrected chi connectivity index (χ0v) is 10.7. The van der Waals surface area contributed by atoms with E-state index in [4.69, 9.17) is 5.11 Å². The van der Waals surface area contributed by atoms with Crippen LogP contribution in [0, 0.1) is 0 Å². The molecule has 0 fully saturated rings. The smallest absolute Gasteiger partial charge is 0.325 e. The molecule has 1 N–H and O–H groups in total. The topological polar surface area (TPSA) is 89.5 Å². The number of hydrogen-bond acceptors (Lipinski definition) is 4. The molecule has 0 aliphatic rings. The van der Waals surface area contributed by atoms with Crippen molar-refractivity contribution in [2.24, 2.45) is 0 Å². The quantitative estimate of drug-likeness (QED) is 0.877. The molecule has 0 radical (unpaired) electrons. The van der Waals surface area contributed by atoms with Gasteiger partial charge in [0.05, 0.1) is 5.69 Å². The monoisotopic (exact) mass is 262 g/mol. The van der Waals surface area contributed by atoms with Crippen LogP contribution < -0.4 is 5.56 Å². The fourth-order valence-electron chi connectivity index (χ4n) is 1.77. The first kappa shape index (κ1) is 13.0. The number of carboxylic acid groups (broad SMARTS) is 1. The largest absolute Gasteiger partial charge is 0.480 e. The van der Waals surface area contributed by atoms with Crippen LogP contribution in [0.1, 0.15) is 31.3 Å². The third-order valence-electron chi connectivity index (χ3n) is 2.63. The van der Waals surface area contributed by atoms with Crippen molar-refractivity contribution >= 4 is 17.6 Å². The van der Waals surface area contributed by atoms with Gasteiger partial charge < -0.3 is 5.11 Å². The number of nitrogens with zero attached hydrogens (tertiary/aromatic N) is 4. The van der Waals surface area contributed by atoms with Gasteiger partial charge in [-0.05, 0) is 12.1 Å². The van der Waals surface area contributed by atoms with Gasteiger partial charge in [0.2, 0.25) is 0 Å². The summed E-state index contributed by atoms with van der Waals surface area (Å²) < 4.78 is 2.39. The van der Waals surface area contributed by atoms with Crippen molar-refractivity contribution in [2.45, 2.75) is 26.3 Å². The standard InChI is InChI=1S/C12H14N4O3/c1-4-8-5-9-12(19)15(6-10(17)18)14-11(7(2)3)16(9)13-8/h4-5,7H,1,6H2,2-3H3,(H,17,18). The second-order valence-electron chi connectivity index (χ2n) is 4.44. The van der Waals surface area contributed by atoms with Crippen LogP contribution in [0.25, 0.3) is 11.6 Å². The summed E-state index contributed by atoms with van der Waals surface area (Å²) in [6.45, 7) is 6.92. The molecule has 2 aromatic rings. The molecule has 0 aromatic carbocycles. The fourth-order valence-corrected chi connectivity index (χ4v) is 1.77. The Kier molecular flexibility index (Phi) is 3.20. The molecule has 2 aromatic heterocycles. The van der Waals surface area contributed by atoms with Crippen molar-refractivity contribution in [3.63, 3.8) is 0 Å². The molecule has 0 saturated carbocycles. The third-order valence-corrected chi connectivity index (χ3v) is 2.63. The van der Waals surface area contributed by atoms with E-state index in [-0.39, 0.29) is 5.92 Å². The van der Waals surface area contributed by atoms with E-state index in [1.807, 2.05) is 13.8 Å². The molecule has 7 nitrogen and oxygen atoms in total. The van der Waals surface area contributed by atoms with Crippen molar-refractivity contribution in [3.8, 4) is 0 Å². The number of carboxylic acids is 1. The molecule has 2 rings (SSSR count). The molecule has 2 heterocycles. The van der Waals surface area contributed by atoms with Gasteiger partial charge in [-0.2, -0.15) is 10.2 Å². The Hall–Kier alpha value is -2.44. The summed E-state index contributed by atoms with van der Waals surface area (Å²) >= 11 is 0. The minimum atomic E-state index is -1.11. The highest BCUT2D eigenvalue weighted by Crippen LogP contribution is 2.13. The van der Waals surface area contributed by atoms with Gasteiger partial charge in [0, 0.05) is 5.92 Å². The number of aromatic nitrogens is 4. The first-order chi connectivity index (χ1) is 8.93. The maximum absolute atomic E-state index is 12.1. The van der Waals surface area contributed by atoms with Crippen molar-refractivity contribution in [3.05, 3.63) is 34.5 Å². The highest BCUT2D eigenvalue weighted by molar-refractivity contribution is 5.66. The number of hydrogen-bond donors (Lipinski definition) is 1. The highest BCUT2D eigenvalue weighted by atomic mass is 16.4. The Morgan fingerprint density at radius 1 is 1.53 bits per heavy atom. The number of aliphatic carboxylic acids is 1. The van der Waals surface area contributed by atoms with Gasteiger partial charge in [-0.15, -0.1) is 0 Å². The van der Waals surface area contributed by atoms with E-state index in [0.717, 1.165) is 4.68 Å². The minimum absolute atomic E-state index is 0.000658. The lowest BCUT2D eigenvalue weighted by atomic mass is 10.2. The molecule has 0 aliphatic heterocycles. The summed E-state index contributed by atoms with van der Waals surface area (Å²) in [5, 5.41) is 17.1. The number of rotatable bonds is 4. The van der Waals surface area contributed by atoms with E-state index < -0.39 is 18.1 Å². The Labute approximate surface area is 108 Å². The minimum Gasteiger partial charge on any atom is -0.480 e. The molecule has 0 bridgehead atoms. The summed E-state index contributed by atoms with van der Waals surface area (Å²) in [7, 11) is 0. The average molecular weight is 262 g/mol. The summed E-state index contributed by atoms with van der Waals surface area (Å²) in [4.78, 5) is 22.9.